The summed E-state index contributed by atoms with van der Waals surface area (Å²) in [5.41, 5.74) is 0.506. The van der Waals surface area contributed by atoms with Crippen LogP contribution in [0.15, 0.2) is 22.7 Å². The largest absolute Gasteiger partial charge is 0.352 e. The summed E-state index contributed by atoms with van der Waals surface area (Å²) in [6.45, 7) is 3.57. The maximum atomic E-state index is 11.9. The van der Waals surface area contributed by atoms with Crippen molar-refractivity contribution in [1.82, 2.24) is 10.6 Å². The minimum absolute atomic E-state index is 0.134. The van der Waals surface area contributed by atoms with E-state index in [1.54, 1.807) is 18.2 Å². The van der Waals surface area contributed by atoms with Gasteiger partial charge in [-0.15, -0.1) is 0 Å². The minimum Gasteiger partial charge on any atom is -0.352 e. The van der Waals surface area contributed by atoms with Crippen molar-refractivity contribution in [3.8, 4) is 0 Å². The molecule has 0 heterocycles. The Hall–Kier alpha value is -0.580. The molecule has 0 aliphatic rings. The molecule has 0 bridgehead atoms. The van der Waals surface area contributed by atoms with Crippen molar-refractivity contribution in [2.24, 2.45) is 5.92 Å². The molecule has 1 rings (SSSR count). The van der Waals surface area contributed by atoms with Gasteiger partial charge in [-0.05, 0) is 37.7 Å². The Balaban J connectivity index is 2.58. The van der Waals surface area contributed by atoms with Crippen LogP contribution in [-0.4, -0.2) is 26.0 Å². The number of amides is 1. The van der Waals surface area contributed by atoms with Crippen LogP contribution in [-0.2, 0) is 0 Å². The molecule has 0 radical (unpaired) electrons. The van der Waals surface area contributed by atoms with Gasteiger partial charge in [0.2, 0.25) is 0 Å². The van der Waals surface area contributed by atoms with Crippen LogP contribution < -0.4 is 10.6 Å². The van der Waals surface area contributed by atoms with Crippen molar-refractivity contribution >= 4 is 33.4 Å². The van der Waals surface area contributed by atoms with Gasteiger partial charge in [0.1, 0.15) is 0 Å². The Morgan fingerprint density at radius 2 is 2.18 bits per heavy atom. The lowest BCUT2D eigenvalue weighted by Gasteiger charge is -2.12. The van der Waals surface area contributed by atoms with E-state index in [2.05, 4.69) is 33.5 Å². The highest BCUT2D eigenvalue weighted by atomic mass is 79.9. The SMILES string of the molecule is CNCC(C)CNC(=O)c1ccc(Br)cc1Cl. The van der Waals surface area contributed by atoms with Crippen molar-refractivity contribution in [3.63, 3.8) is 0 Å². The monoisotopic (exact) mass is 318 g/mol. The molecule has 0 saturated heterocycles. The number of carbonyl (C=O) groups excluding carboxylic acids is 1. The lowest BCUT2D eigenvalue weighted by molar-refractivity contribution is 0.0948. The average Bonchev–Trinajstić information content (AvgIpc) is 2.26. The van der Waals surface area contributed by atoms with E-state index >= 15 is 0 Å². The Kier molecular flexibility index (Phi) is 5.95. The first kappa shape index (κ1) is 14.5. The fraction of sp³-hybridized carbons (Fsp3) is 0.417. The first-order valence-electron chi connectivity index (χ1n) is 5.42. The second kappa shape index (κ2) is 6.99. The average molecular weight is 320 g/mol. The van der Waals surface area contributed by atoms with Crippen molar-refractivity contribution in [1.29, 1.82) is 0 Å². The van der Waals surface area contributed by atoms with Crippen molar-refractivity contribution in [2.75, 3.05) is 20.1 Å². The van der Waals surface area contributed by atoms with Crippen molar-refractivity contribution < 1.29 is 4.79 Å². The molecule has 0 saturated carbocycles. The number of hydrogen-bond acceptors (Lipinski definition) is 2. The van der Waals surface area contributed by atoms with Crippen LogP contribution in [0.2, 0.25) is 5.02 Å². The van der Waals surface area contributed by atoms with Crippen LogP contribution in [0.25, 0.3) is 0 Å². The topological polar surface area (TPSA) is 41.1 Å². The Morgan fingerprint density at radius 3 is 2.76 bits per heavy atom. The first-order valence-corrected chi connectivity index (χ1v) is 6.59. The molecule has 0 spiro atoms. The molecule has 2 N–H and O–H groups in total. The third-order valence-electron chi connectivity index (χ3n) is 2.34. The Labute approximate surface area is 115 Å². The van der Waals surface area contributed by atoms with E-state index < -0.39 is 0 Å². The molecule has 0 aromatic heterocycles. The molecular formula is C12H16BrClN2O. The van der Waals surface area contributed by atoms with Gasteiger partial charge < -0.3 is 10.6 Å². The Morgan fingerprint density at radius 1 is 1.47 bits per heavy atom. The number of rotatable bonds is 5. The quantitative estimate of drug-likeness (QED) is 0.876. The van der Waals surface area contributed by atoms with Crippen LogP contribution in [0.5, 0.6) is 0 Å². The zero-order valence-electron chi connectivity index (χ0n) is 9.89. The van der Waals surface area contributed by atoms with Crippen LogP contribution in [0.3, 0.4) is 0 Å². The first-order chi connectivity index (χ1) is 8.04. The van der Waals surface area contributed by atoms with Gasteiger partial charge in [-0.3, -0.25) is 4.79 Å². The lowest BCUT2D eigenvalue weighted by Crippen LogP contribution is -2.32. The van der Waals surface area contributed by atoms with Gasteiger partial charge in [-0.1, -0.05) is 34.5 Å². The van der Waals surface area contributed by atoms with E-state index in [0.717, 1.165) is 11.0 Å². The highest BCUT2D eigenvalue weighted by Gasteiger charge is 2.11. The number of benzene rings is 1. The summed E-state index contributed by atoms with van der Waals surface area (Å²) in [6.07, 6.45) is 0. The number of carbonyl (C=O) groups is 1. The van der Waals surface area contributed by atoms with Crippen molar-refractivity contribution in [3.05, 3.63) is 33.3 Å². The Bertz CT molecular complexity index is 398. The maximum Gasteiger partial charge on any atom is 0.252 e. The second-order valence-electron chi connectivity index (χ2n) is 4.00. The smallest absolute Gasteiger partial charge is 0.252 e. The molecule has 94 valence electrons. The van der Waals surface area contributed by atoms with Gasteiger partial charge in [0.05, 0.1) is 10.6 Å². The fourth-order valence-electron chi connectivity index (χ4n) is 1.46. The summed E-state index contributed by atoms with van der Waals surface area (Å²) in [7, 11) is 1.89. The van der Waals surface area contributed by atoms with E-state index in [1.807, 2.05) is 7.05 Å². The van der Waals surface area contributed by atoms with Gasteiger partial charge in [0.15, 0.2) is 0 Å². The highest BCUT2D eigenvalue weighted by molar-refractivity contribution is 9.10. The van der Waals surface area contributed by atoms with E-state index in [9.17, 15) is 4.79 Å². The van der Waals surface area contributed by atoms with Crippen LogP contribution >= 0.6 is 27.5 Å². The molecule has 5 heteroatoms. The maximum absolute atomic E-state index is 11.9. The molecule has 0 aliphatic heterocycles. The van der Waals surface area contributed by atoms with Gasteiger partial charge >= 0.3 is 0 Å². The van der Waals surface area contributed by atoms with Crippen LogP contribution in [0.4, 0.5) is 0 Å². The summed E-state index contributed by atoms with van der Waals surface area (Å²) < 4.78 is 0.864. The summed E-state index contributed by atoms with van der Waals surface area (Å²) in [4.78, 5) is 11.9. The molecule has 1 unspecified atom stereocenters. The molecule has 17 heavy (non-hydrogen) atoms. The second-order valence-corrected chi connectivity index (χ2v) is 5.32. The summed E-state index contributed by atoms with van der Waals surface area (Å²) in [6, 6.07) is 5.23. The standard InChI is InChI=1S/C12H16BrClN2O/c1-8(6-15-2)7-16-12(17)10-4-3-9(13)5-11(10)14/h3-5,8,15H,6-7H2,1-2H3,(H,16,17). The summed E-state index contributed by atoms with van der Waals surface area (Å²) in [5, 5.41) is 6.39. The molecular weight excluding hydrogens is 304 g/mol. The van der Waals surface area contributed by atoms with Gasteiger partial charge in [0.25, 0.3) is 5.91 Å². The minimum atomic E-state index is -0.134. The van der Waals surface area contributed by atoms with Crippen LogP contribution in [0.1, 0.15) is 17.3 Å². The predicted octanol–water partition coefficient (Wildman–Crippen LogP) is 2.69. The van der Waals surface area contributed by atoms with E-state index in [1.165, 1.54) is 0 Å². The van der Waals surface area contributed by atoms with Gasteiger partial charge in [0, 0.05) is 11.0 Å². The normalized spacial score (nSPS) is 12.2. The van der Waals surface area contributed by atoms with E-state index in [0.29, 0.717) is 23.0 Å². The number of hydrogen-bond donors (Lipinski definition) is 2. The molecule has 1 amide bonds. The van der Waals surface area contributed by atoms with E-state index in [-0.39, 0.29) is 5.91 Å². The molecule has 0 fully saturated rings. The summed E-state index contributed by atoms with van der Waals surface area (Å²) in [5.74, 6) is 0.253. The van der Waals surface area contributed by atoms with Crippen molar-refractivity contribution in [2.45, 2.75) is 6.92 Å². The molecule has 0 aliphatic carbocycles. The van der Waals surface area contributed by atoms with Crippen LogP contribution in [0, 0.1) is 5.92 Å². The number of nitrogens with one attached hydrogen (secondary N) is 2. The lowest BCUT2D eigenvalue weighted by atomic mass is 10.1. The molecule has 1 aromatic rings. The van der Waals surface area contributed by atoms with E-state index in [4.69, 9.17) is 11.6 Å². The summed E-state index contributed by atoms with van der Waals surface area (Å²) >= 11 is 9.30. The van der Waals surface area contributed by atoms with Gasteiger partial charge in [-0.2, -0.15) is 0 Å². The third-order valence-corrected chi connectivity index (χ3v) is 3.15. The zero-order chi connectivity index (χ0) is 12.8. The van der Waals surface area contributed by atoms with Gasteiger partial charge in [-0.25, -0.2) is 0 Å². The highest BCUT2D eigenvalue weighted by Crippen LogP contribution is 2.21. The zero-order valence-corrected chi connectivity index (χ0v) is 12.2. The predicted molar refractivity (Wildman–Crippen MR) is 74.6 cm³/mol. The number of halogens is 2. The molecule has 3 nitrogen and oxygen atoms in total. The molecule has 1 atom stereocenters. The fourth-order valence-corrected chi connectivity index (χ4v) is 2.22. The third kappa shape index (κ3) is 4.66. The molecule has 1 aromatic carbocycles.